The largest absolute Gasteiger partial charge is 0.394 e. The van der Waals surface area contributed by atoms with Crippen molar-refractivity contribution in [1.29, 1.82) is 0 Å². The van der Waals surface area contributed by atoms with Crippen LogP contribution in [0.4, 0.5) is 0 Å². The molecular formula is C27H45NO12S2. The maximum atomic E-state index is 11.5. The zero-order valence-corrected chi connectivity index (χ0v) is 25.4. The number of carbonyl (C=O) groups is 2. The van der Waals surface area contributed by atoms with E-state index in [0.717, 1.165) is 40.2 Å². The summed E-state index contributed by atoms with van der Waals surface area (Å²) in [5, 5.41) is 98.6. The quantitative estimate of drug-likeness (QED) is 0.0701. The van der Waals surface area contributed by atoms with E-state index >= 15 is 0 Å². The number of thioether (sulfide) groups is 2. The maximum Gasteiger partial charge on any atom is 0.186 e. The minimum atomic E-state index is -1.87. The summed E-state index contributed by atoms with van der Waals surface area (Å²) in [5.74, 6) is 0.895. The first kappa shape index (κ1) is 38.8. The molecule has 0 fully saturated rings. The molecule has 0 unspecified atom stereocenters. The fraction of sp³-hybridized carbons (Fsp3) is 0.704. The van der Waals surface area contributed by atoms with Crippen LogP contribution in [-0.2, 0) is 27.5 Å². The van der Waals surface area contributed by atoms with Gasteiger partial charge < -0.3 is 51.1 Å². The summed E-state index contributed by atoms with van der Waals surface area (Å²) in [4.78, 5) is 24.4. The molecule has 242 valence electrons. The van der Waals surface area contributed by atoms with E-state index in [9.17, 15) is 50.4 Å². The standard InChI is InChI=1S/C27H45NO12S2/c1-15(31)41-13-18-6-5-17(8-19(18)14-42-16(2)32)4-3-7-28(9-20(33)24(37)26(39)22(35)11-29)10-21(34)25(38)27(40)23(36)12-30/h5-6,8,20-27,29-30,33-40H,3-4,7,9-14H2,1-2H3/t20-,21-,22+,23+,24+,25+,26+,27+/m0/s1. The SMILES string of the molecule is CC(=O)SCc1ccc(CCCN(C[C@H](O)[C@@H](O)[C@H](O)[C@H](O)CO)C[C@H](O)[C@@H](O)[C@H](O)[C@H](O)CO)cc1CSC(C)=O. The summed E-state index contributed by atoms with van der Waals surface area (Å²) in [6.45, 7) is 0.724. The molecular weight excluding hydrogens is 594 g/mol. The smallest absolute Gasteiger partial charge is 0.186 e. The molecule has 1 aromatic carbocycles. The van der Waals surface area contributed by atoms with Gasteiger partial charge in [-0.25, -0.2) is 0 Å². The average Bonchev–Trinajstić information content (AvgIpc) is 2.96. The van der Waals surface area contributed by atoms with Crippen LogP contribution >= 0.6 is 23.5 Å². The molecule has 1 rings (SSSR count). The molecule has 10 N–H and O–H groups in total. The molecule has 0 aliphatic rings. The summed E-state index contributed by atoms with van der Waals surface area (Å²) >= 11 is 2.31. The van der Waals surface area contributed by atoms with Gasteiger partial charge in [0.25, 0.3) is 0 Å². The van der Waals surface area contributed by atoms with Gasteiger partial charge in [-0.1, -0.05) is 41.7 Å². The van der Waals surface area contributed by atoms with Gasteiger partial charge in [-0.2, -0.15) is 0 Å². The van der Waals surface area contributed by atoms with Crippen LogP contribution in [0.5, 0.6) is 0 Å². The Morgan fingerprint density at radius 1 is 0.690 bits per heavy atom. The molecule has 0 saturated carbocycles. The second-order valence-electron chi connectivity index (χ2n) is 10.1. The molecule has 0 aliphatic carbocycles. The first-order valence-electron chi connectivity index (χ1n) is 13.5. The Kier molecular flexibility index (Phi) is 18.5. The predicted molar refractivity (Wildman–Crippen MR) is 157 cm³/mol. The van der Waals surface area contributed by atoms with Crippen molar-refractivity contribution in [2.75, 3.05) is 32.8 Å². The van der Waals surface area contributed by atoms with Crippen molar-refractivity contribution in [1.82, 2.24) is 4.90 Å². The van der Waals surface area contributed by atoms with Crippen LogP contribution in [0.15, 0.2) is 18.2 Å². The van der Waals surface area contributed by atoms with E-state index in [0.29, 0.717) is 24.3 Å². The van der Waals surface area contributed by atoms with Gasteiger partial charge in [0.1, 0.15) is 36.6 Å². The van der Waals surface area contributed by atoms with Gasteiger partial charge in [0.2, 0.25) is 0 Å². The molecule has 8 atom stereocenters. The molecule has 0 bridgehead atoms. The van der Waals surface area contributed by atoms with Gasteiger partial charge >= 0.3 is 0 Å². The number of hydrogen-bond donors (Lipinski definition) is 10. The summed E-state index contributed by atoms with van der Waals surface area (Å²) in [7, 11) is 0. The molecule has 42 heavy (non-hydrogen) atoms. The molecule has 0 aromatic heterocycles. The zero-order valence-electron chi connectivity index (χ0n) is 23.8. The van der Waals surface area contributed by atoms with Gasteiger partial charge in [0.15, 0.2) is 10.2 Å². The van der Waals surface area contributed by atoms with Gasteiger partial charge in [-0.15, -0.1) is 0 Å². The maximum absolute atomic E-state index is 11.5. The lowest BCUT2D eigenvalue weighted by Crippen LogP contribution is -2.53. The van der Waals surface area contributed by atoms with Crippen molar-refractivity contribution in [2.24, 2.45) is 0 Å². The third-order valence-electron chi connectivity index (χ3n) is 6.61. The van der Waals surface area contributed by atoms with E-state index in [1.165, 1.54) is 18.7 Å². The van der Waals surface area contributed by atoms with E-state index in [2.05, 4.69) is 0 Å². The highest BCUT2D eigenvalue weighted by molar-refractivity contribution is 8.13. The molecule has 13 nitrogen and oxygen atoms in total. The predicted octanol–water partition coefficient (Wildman–Crippen LogP) is -2.65. The van der Waals surface area contributed by atoms with Crippen LogP contribution in [0, 0.1) is 0 Å². The van der Waals surface area contributed by atoms with Crippen LogP contribution in [0.3, 0.4) is 0 Å². The average molecular weight is 640 g/mol. The highest BCUT2D eigenvalue weighted by atomic mass is 32.2. The van der Waals surface area contributed by atoms with Crippen molar-refractivity contribution in [3.05, 3.63) is 34.9 Å². The normalized spacial score (nSPS) is 17.7. The van der Waals surface area contributed by atoms with Gasteiger partial charge in [-0.05, 0) is 36.1 Å². The fourth-order valence-corrected chi connectivity index (χ4v) is 5.37. The summed E-state index contributed by atoms with van der Waals surface area (Å²) in [6.07, 6.45) is -13.2. The number of aryl methyl sites for hydroxylation is 1. The first-order chi connectivity index (χ1) is 19.7. The summed E-state index contributed by atoms with van der Waals surface area (Å²) < 4.78 is 0. The van der Waals surface area contributed by atoms with Crippen LogP contribution < -0.4 is 0 Å². The van der Waals surface area contributed by atoms with E-state index in [1.807, 2.05) is 18.2 Å². The van der Waals surface area contributed by atoms with Gasteiger partial charge in [0.05, 0.1) is 25.4 Å². The van der Waals surface area contributed by atoms with Crippen LogP contribution in [0.1, 0.15) is 37.0 Å². The third kappa shape index (κ3) is 13.6. The van der Waals surface area contributed by atoms with Crippen molar-refractivity contribution < 1.29 is 60.7 Å². The monoisotopic (exact) mass is 639 g/mol. The number of rotatable bonds is 20. The number of aliphatic hydroxyl groups is 10. The Balaban J connectivity index is 3.03. The summed E-state index contributed by atoms with van der Waals surface area (Å²) in [5.41, 5.74) is 2.74. The van der Waals surface area contributed by atoms with Crippen LogP contribution in [0.25, 0.3) is 0 Å². The van der Waals surface area contributed by atoms with Gasteiger partial charge in [-0.3, -0.25) is 14.5 Å². The van der Waals surface area contributed by atoms with Crippen molar-refractivity contribution in [3.8, 4) is 0 Å². The Labute approximate surface area is 253 Å². The lowest BCUT2D eigenvalue weighted by Gasteiger charge is -2.33. The number of hydrogen-bond acceptors (Lipinski definition) is 15. The van der Waals surface area contributed by atoms with E-state index in [4.69, 9.17) is 10.2 Å². The minimum Gasteiger partial charge on any atom is -0.394 e. The number of aliphatic hydroxyl groups excluding tert-OH is 10. The Morgan fingerprint density at radius 3 is 1.55 bits per heavy atom. The molecule has 0 saturated heterocycles. The second-order valence-corrected chi connectivity index (χ2v) is 12.4. The third-order valence-corrected chi connectivity index (χ3v) is 8.34. The molecule has 0 aliphatic heterocycles. The highest BCUT2D eigenvalue weighted by Crippen LogP contribution is 2.24. The second kappa shape index (κ2) is 20.0. The Bertz CT molecular complexity index is 928. The molecule has 15 heteroatoms. The van der Waals surface area contributed by atoms with Gasteiger partial charge in [0, 0.05) is 38.4 Å². The molecule has 0 amide bonds. The zero-order chi connectivity index (χ0) is 32.0. The lowest BCUT2D eigenvalue weighted by molar-refractivity contribution is -0.130. The van der Waals surface area contributed by atoms with Crippen LogP contribution in [0.2, 0.25) is 0 Å². The minimum absolute atomic E-state index is 0.0271. The Morgan fingerprint density at radius 2 is 1.12 bits per heavy atom. The van der Waals surface area contributed by atoms with Crippen molar-refractivity contribution >= 4 is 33.8 Å². The van der Waals surface area contributed by atoms with E-state index in [1.54, 1.807) is 0 Å². The fourth-order valence-electron chi connectivity index (χ4n) is 4.10. The molecule has 0 heterocycles. The first-order valence-corrected chi connectivity index (χ1v) is 15.4. The highest BCUT2D eigenvalue weighted by Gasteiger charge is 2.34. The topological polar surface area (TPSA) is 240 Å². The van der Waals surface area contributed by atoms with E-state index < -0.39 is 62.0 Å². The van der Waals surface area contributed by atoms with Crippen LogP contribution in [-0.4, -0.2) is 148 Å². The number of nitrogens with zero attached hydrogens (tertiary/aromatic N) is 1. The molecule has 0 spiro atoms. The number of benzene rings is 1. The molecule has 0 radical (unpaired) electrons. The summed E-state index contributed by atoms with van der Waals surface area (Å²) in [6, 6.07) is 5.71. The molecule has 1 aromatic rings. The lowest BCUT2D eigenvalue weighted by atomic mass is 10.0. The number of carbonyl (C=O) groups excluding carboxylic acids is 2. The van der Waals surface area contributed by atoms with Crippen molar-refractivity contribution in [2.45, 2.75) is 87.0 Å². The van der Waals surface area contributed by atoms with Crippen molar-refractivity contribution in [3.63, 3.8) is 0 Å². The van der Waals surface area contributed by atoms with E-state index in [-0.39, 0.29) is 29.9 Å². The Hall–Kier alpha value is -1.18.